The van der Waals surface area contributed by atoms with Crippen molar-refractivity contribution in [3.63, 3.8) is 0 Å². The number of methoxy groups -OCH3 is 1. The summed E-state index contributed by atoms with van der Waals surface area (Å²) in [5, 5.41) is 6.23. The van der Waals surface area contributed by atoms with E-state index in [2.05, 4.69) is 15.5 Å². The van der Waals surface area contributed by atoms with Crippen LogP contribution in [0.2, 0.25) is 0 Å². The van der Waals surface area contributed by atoms with Gasteiger partial charge < -0.3 is 15.4 Å². The van der Waals surface area contributed by atoms with E-state index < -0.39 is 11.6 Å². The number of amides is 1. The molecule has 2 atom stereocenters. The van der Waals surface area contributed by atoms with Crippen LogP contribution in [0, 0.1) is 11.6 Å². The van der Waals surface area contributed by atoms with Crippen molar-refractivity contribution in [1.82, 2.24) is 15.5 Å². The molecule has 2 aromatic carbocycles. The Hall–Kier alpha value is -2.35. The van der Waals surface area contributed by atoms with Gasteiger partial charge in [-0.25, -0.2) is 8.78 Å². The normalized spacial score (nSPS) is 19.4. The van der Waals surface area contributed by atoms with E-state index in [9.17, 15) is 13.6 Å². The van der Waals surface area contributed by atoms with Crippen molar-refractivity contribution in [2.45, 2.75) is 31.6 Å². The van der Waals surface area contributed by atoms with E-state index >= 15 is 0 Å². The van der Waals surface area contributed by atoms with Crippen molar-refractivity contribution in [1.29, 1.82) is 0 Å². The fraction of sp³-hybridized carbons (Fsp3) is 0.409. The highest BCUT2D eigenvalue weighted by molar-refractivity contribution is 5.82. The third-order valence-electron chi connectivity index (χ3n) is 5.14. The summed E-state index contributed by atoms with van der Waals surface area (Å²) in [6.45, 7) is 2.53. The topological polar surface area (TPSA) is 53.6 Å². The number of benzene rings is 2. The van der Waals surface area contributed by atoms with Gasteiger partial charge in [-0.3, -0.25) is 9.69 Å². The van der Waals surface area contributed by atoms with E-state index in [1.165, 1.54) is 12.1 Å². The van der Waals surface area contributed by atoms with Crippen LogP contribution in [0.15, 0.2) is 48.5 Å². The molecule has 5 nitrogen and oxygen atoms in total. The van der Waals surface area contributed by atoms with Crippen molar-refractivity contribution >= 4 is 5.91 Å². The zero-order chi connectivity index (χ0) is 20.6. The third kappa shape index (κ3) is 6.06. The van der Waals surface area contributed by atoms with E-state index in [1.54, 1.807) is 7.11 Å². The number of hydrogen-bond acceptors (Lipinski definition) is 4. The van der Waals surface area contributed by atoms with Crippen LogP contribution in [-0.4, -0.2) is 49.7 Å². The number of hydrogen-bond donors (Lipinski definition) is 2. The highest BCUT2D eigenvalue weighted by atomic mass is 19.1. The molecule has 156 valence electrons. The lowest BCUT2D eigenvalue weighted by Crippen LogP contribution is -2.43. The average molecular weight is 403 g/mol. The highest BCUT2D eigenvalue weighted by Crippen LogP contribution is 2.22. The van der Waals surface area contributed by atoms with Gasteiger partial charge in [0.15, 0.2) is 0 Å². The molecule has 1 heterocycles. The van der Waals surface area contributed by atoms with Crippen LogP contribution in [-0.2, 0) is 22.6 Å². The first kappa shape index (κ1) is 21.4. The van der Waals surface area contributed by atoms with Crippen molar-refractivity contribution < 1.29 is 18.3 Å². The first-order valence-electron chi connectivity index (χ1n) is 9.78. The van der Waals surface area contributed by atoms with Gasteiger partial charge in [0.25, 0.3) is 0 Å². The predicted octanol–water partition coefficient (Wildman–Crippen LogP) is 2.46. The van der Waals surface area contributed by atoms with Crippen LogP contribution in [0.3, 0.4) is 0 Å². The molecular formula is C22H27F2N3O2. The molecule has 29 heavy (non-hydrogen) atoms. The molecule has 0 aromatic heterocycles. The second-order valence-electron chi connectivity index (χ2n) is 7.26. The maximum atomic E-state index is 13.9. The van der Waals surface area contributed by atoms with E-state index in [4.69, 9.17) is 4.74 Å². The molecule has 0 radical (unpaired) electrons. The van der Waals surface area contributed by atoms with Crippen molar-refractivity contribution in [2.24, 2.45) is 0 Å². The SMILES string of the molecule is COCCNC(=O)[C@@H]1C[C@@H](NCc2ccc(F)cc2F)CN1Cc1ccccc1. The van der Waals surface area contributed by atoms with Gasteiger partial charge >= 0.3 is 0 Å². The fourth-order valence-corrected chi connectivity index (χ4v) is 3.63. The minimum absolute atomic E-state index is 0.0290. The molecule has 1 fully saturated rings. The summed E-state index contributed by atoms with van der Waals surface area (Å²) in [5.74, 6) is -1.19. The van der Waals surface area contributed by atoms with Crippen LogP contribution >= 0.6 is 0 Å². The predicted molar refractivity (Wildman–Crippen MR) is 107 cm³/mol. The molecule has 2 aromatic rings. The molecule has 3 rings (SSSR count). The molecule has 1 amide bonds. The molecular weight excluding hydrogens is 376 g/mol. The van der Waals surface area contributed by atoms with E-state index in [0.29, 0.717) is 38.2 Å². The highest BCUT2D eigenvalue weighted by Gasteiger charge is 2.36. The standard InChI is InChI=1S/C22H27F2N3O2/c1-29-10-9-25-22(28)21-12-19(15-27(21)14-16-5-3-2-4-6-16)26-13-17-7-8-18(23)11-20(17)24/h2-8,11,19,21,26H,9-10,12-15H2,1H3,(H,25,28)/t19-,21+/m1/s1. The minimum Gasteiger partial charge on any atom is -0.383 e. The quantitative estimate of drug-likeness (QED) is 0.632. The number of nitrogens with zero attached hydrogens (tertiary/aromatic N) is 1. The Morgan fingerprint density at radius 3 is 2.72 bits per heavy atom. The molecule has 2 N–H and O–H groups in total. The molecule has 0 saturated carbocycles. The number of rotatable bonds is 9. The van der Waals surface area contributed by atoms with Gasteiger partial charge in [-0.15, -0.1) is 0 Å². The average Bonchev–Trinajstić information content (AvgIpc) is 3.11. The molecule has 0 bridgehead atoms. The number of carbonyl (C=O) groups excluding carboxylic acids is 1. The van der Waals surface area contributed by atoms with Gasteiger partial charge in [-0.1, -0.05) is 36.4 Å². The monoisotopic (exact) mass is 403 g/mol. The van der Waals surface area contributed by atoms with Crippen molar-refractivity contribution in [3.05, 3.63) is 71.3 Å². The summed E-state index contributed by atoms with van der Waals surface area (Å²) in [6.07, 6.45) is 0.620. The minimum atomic E-state index is -0.589. The van der Waals surface area contributed by atoms with Gasteiger partial charge in [0.1, 0.15) is 11.6 Å². The van der Waals surface area contributed by atoms with Crippen LogP contribution in [0.1, 0.15) is 17.5 Å². The lowest BCUT2D eigenvalue weighted by Gasteiger charge is -2.23. The van der Waals surface area contributed by atoms with Gasteiger partial charge in [0.2, 0.25) is 5.91 Å². The second-order valence-corrected chi connectivity index (χ2v) is 7.26. The van der Waals surface area contributed by atoms with Crippen molar-refractivity contribution in [2.75, 3.05) is 26.8 Å². The maximum absolute atomic E-state index is 13.9. The van der Waals surface area contributed by atoms with Crippen LogP contribution in [0.4, 0.5) is 8.78 Å². The molecule has 1 aliphatic heterocycles. The molecule has 0 aliphatic carbocycles. The zero-order valence-corrected chi connectivity index (χ0v) is 16.5. The van der Waals surface area contributed by atoms with Crippen LogP contribution in [0.5, 0.6) is 0 Å². The molecule has 1 saturated heterocycles. The summed E-state index contributed by atoms with van der Waals surface area (Å²) < 4.78 is 32.0. The molecule has 7 heteroatoms. The summed E-state index contributed by atoms with van der Waals surface area (Å²) >= 11 is 0. The first-order chi connectivity index (χ1) is 14.1. The number of carbonyl (C=O) groups is 1. The Balaban J connectivity index is 1.63. The Morgan fingerprint density at radius 1 is 1.21 bits per heavy atom. The third-order valence-corrected chi connectivity index (χ3v) is 5.14. The van der Waals surface area contributed by atoms with Gasteiger partial charge in [-0.2, -0.15) is 0 Å². The van der Waals surface area contributed by atoms with Crippen LogP contribution in [0.25, 0.3) is 0 Å². The van der Waals surface area contributed by atoms with E-state index in [0.717, 1.165) is 11.6 Å². The van der Waals surface area contributed by atoms with Crippen molar-refractivity contribution in [3.8, 4) is 0 Å². The second kappa shape index (κ2) is 10.4. The van der Waals surface area contributed by atoms with Crippen LogP contribution < -0.4 is 10.6 Å². The van der Waals surface area contributed by atoms with Gasteiger partial charge in [0, 0.05) is 51.0 Å². The Morgan fingerprint density at radius 2 is 2.00 bits per heavy atom. The first-order valence-corrected chi connectivity index (χ1v) is 9.78. The maximum Gasteiger partial charge on any atom is 0.237 e. The molecule has 0 spiro atoms. The Kier molecular flexibility index (Phi) is 7.69. The fourth-order valence-electron chi connectivity index (χ4n) is 3.63. The summed E-state index contributed by atoms with van der Waals surface area (Å²) in [5.41, 5.74) is 1.54. The number of ether oxygens (including phenoxy) is 1. The number of nitrogens with one attached hydrogen (secondary N) is 2. The zero-order valence-electron chi connectivity index (χ0n) is 16.5. The molecule has 1 aliphatic rings. The number of halogens is 2. The van der Waals surface area contributed by atoms with Gasteiger partial charge in [-0.05, 0) is 18.1 Å². The van der Waals surface area contributed by atoms with E-state index in [-0.39, 0.29) is 24.5 Å². The smallest absolute Gasteiger partial charge is 0.237 e. The largest absolute Gasteiger partial charge is 0.383 e. The number of likely N-dealkylation sites (tertiary alicyclic amines) is 1. The summed E-state index contributed by atoms with van der Waals surface area (Å²) in [6, 6.07) is 13.3. The summed E-state index contributed by atoms with van der Waals surface area (Å²) in [7, 11) is 1.60. The lowest BCUT2D eigenvalue weighted by atomic mass is 10.1. The summed E-state index contributed by atoms with van der Waals surface area (Å²) in [4.78, 5) is 14.8. The van der Waals surface area contributed by atoms with Gasteiger partial charge in [0.05, 0.1) is 12.6 Å². The Labute approximate surface area is 170 Å². The van der Waals surface area contributed by atoms with E-state index in [1.807, 2.05) is 30.3 Å². The Bertz CT molecular complexity index is 804. The molecule has 0 unspecified atom stereocenters. The lowest BCUT2D eigenvalue weighted by molar-refractivity contribution is -0.125.